The smallest absolute Gasteiger partial charge is 0.293 e. The van der Waals surface area contributed by atoms with Gasteiger partial charge in [-0.1, -0.05) is 0 Å². The quantitative estimate of drug-likeness (QED) is 0.843. The van der Waals surface area contributed by atoms with Crippen molar-refractivity contribution in [1.29, 1.82) is 0 Å². The minimum atomic E-state index is -0.318. The maximum Gasteiger partial charge on any atom is 0.293 e. The Balaban J connectivity index is 0.000000270. The van der Waals surface area contributed by atoms with Gasteiger partial charge in [-0.05, 0) is 87.1 Å². The lowest BCUT2D eigenvalue weighted by Crippen LogP contribution is -2.28. The molecule has 4 nitrogen and oxygen atoms in total. The van der Waals surface area contributed by atoms with Crippen LogP contribution in [0.1, 0.15) is 39.3 Å². The number of carbonyl (C=O) groups excluding carboxylic acids is 1. The van der Waals surface area contributed by atoms with Gasteiger partial charge in [0, 0.05) is 16.4 Å². The molecule has 5 heteroatoms. The van der Waals surface area contributed by atoms with Gasteiger partial charge in [0.25, 0.3) is 6.47 Å². The average Bonchev–Trinajstić information content (AvgIpc) is 2.42. The highest BCUT2D eigenvalue weighted by molar-refractivity contribution is 9.10. The number of hydrogen-bond acceptors (Lipinski definition) is 4. The Bertz CT molecular complexity index is 409. The first-order chi connectivity index (χ1) is 9.90. The topological polar surface area (TPSA) is 51.2 Å². The molecule has 0 spiro atoms. The molecule has 1 saturated heterocycles. The number of hydrogen-bond donors (Lipinski definition) is 1. The van der Waals surface area contributed by atoms with Crippen molar-refractivity contribution >= 4 is 22.4 Å². The monoisotopic (exact) mass is 356 g/mol. The summed E-state index contributed by atoms with van der Waals surface area (Å²) in [5.41, 5.74) is 0.905. The zero-order valence-corrected chi connectivity index (χ0v) is 14.6. The van der Waals surface area contributed by atoms with E-state index >= 15 is 0 Å². The van der Waals surface area contributed by atoms with E-state index in [0.717, 1.165) is 16.8 Å². The van der Waals surface area contributed by atoms with Gasteiger partial charge in [0.2, 0.25) is 0 Å². The molecule has 0 saturated carbocycles. The fraction of sp³-hybridized carbons (Fsp3) is 0.625. The molecule has 1 aromatic heterocycles. The third kappa shape index (κ3) is 8.83. The molecule has 21 heavy (non-hydrogen) atoms. The second-order valence-electron chi connectivity index (χ2n) is 6.19. The average molecular weight is 357 g/mol. The molecule has 2 heterocycles. The third-order valence-corrected chi connectivity index (χ3v) is 3.62. The Morgan fingerprint density at radius 1 is 1.38 bits per heavy atom. The van der Waals surface area contributed by atoms with Crippen molar-refractivity contribution < 1.29 is 9.53 Å². The first-order valence-electron chi connectivity index (χ1n) is 7.33. The van der Waals surface area contributed by atoms with Crippen LogP contribution in [0.3, 0.4) is 0 Å². The number of nitrogens with one attached hydrogen (secondary N) is 1. The van der Waals surface area contributed by atoms with E-state index in [0.29, 0.717) is 6.47 Å². The Morgan fingerprint density at radius 2 is 2.05 bits per heavy atom. The highest BCUT2D eigenvalue weighted by Gasteiger charge is 2.13. The summed E-state index contributed by atoms with van der Waals surface area (Å²) < 4.78 is 5.61. The van der Waals surface area contributed by atoms with E-state index in [4.69, 9.17) is 0 Å². The first kappa shape index (κ1) is 18.1. The van der Waals surface area contributed by atoms with E-state index in [1.807, 2.05) is 27.0 Å². The number of pyridine rings is 1. The number of halogens is 1. The maximum absolute atomic E-state index is 9.60. The van der Waals surface area contributed by atoms with Crippen LogP contribution >= 0.6 is 15.9 Å². The molecule has 0 amide bonds. The lowest BCUT2D eigenvalue weighted by atomic mass is 9.93. The van der Waals surface area contributed by atoms with E-state index in [1.165, 1.54) is 31.6 Å². The molecule has 1 aliphatic rings. The lowest BCUT2D eigenvalue weighted by Gasteiger charge is -2.22. The highest BCUT2D eigenvalue weighted by atomic mass is 79.9. The molecule has 0 bridgehead atoms. The molecule has 1 fully saturated rings. The summed E-state index contributed by atoms with van der Waals surface area (Å²) in [5.74, 6) is 0.824. The number of aromatic nitrogens is 1. The number of nitrogens with zero attached hydrogens (tertiary/aromatic N) is 1. The number of carbonyl (C=O) groups is 1. The number of rotatable bonds is 3. The molecule has 0 aliphatic carbocycles. The molecule has 118 valence electrons. The van der Waals surface area contributed by atoms with Crippen molar-refractivity contribution in [2.75, 3.05) is 13.1 Å². The van der Waals surface area contributed by atoms with Gasteiger partial charge in [-0.3, -0.25) is 9.78 Å². The molecule has 1 N–H and O–H groups in total. The van der Waals surface area contributed by atoms with Crippen LogP contribution in [0.4, 0.5) is 0 Å². The van der Waals surface area contributed by atoms with Gasteiger partial charge in [0.05, 0.1) is 0 Å². The van der Waals surface area contributed by atoms with Gasteiger partial charge in [-0.2, -0.15) is 0 Å². The fourth-order valence-electron chi connectivity index (χ4n) is 2.05. The summed E-state index contributed by atoms with van der Waals surface area (Å²) in [6, 6.07) is 4.19. The zero-order chi connectivity index (χ0) is 15.7. The number of piperidine rings is 1. The largest absolute Gasteiger partial charge is 0.462 e. The summed E-state index contributed by atoms with van der Waals surface area (Å²) in [6.07, 6.45) is 5.60. The van der Waals surface area contributed by atoms with Crippen molar-refractivity contribution in [3.05, 3.63) is 28.5 Å². The fourth-order valence-corrected chi connectivity index (χ4v) is 2.29. The van der Waals surface area contributed by atoms with Crippen LogP contribution in [0.25, 0.3) is 0 Å². The molecule has 0 aromatic carbocycles. The van der Waals surface area contributed by atoms with Crippen molar-refractivity contribution in [3.63, 3.8) is 0 Å². The highest BCUT2D eigenvalue weighted by Crippen LogP contribution is 2.17. The predicted octanol–water partition coefficient (Wildman–Crippen LogP) is 3.34. The van der Waals surface area contributed by atoms with Gasteiger partial charge in [-0.15, -0.1) is 0 Å². The van der Waals surface area contributed by atoms with Crippen LogP contribution in [0.15, 0.2) is 22.8 Å². The normalized spacial score (nSPS) is 15.8. The molecule has 0 radical (unpaired) electrons. The van der Waals surface area contributed by atoms with E-state index in [1.54, 1.807) is 0 Å². The molecular formula is C16H25BrN2O2. The van der Waals surface area contributed by atoms with Gasteiger partial charge >= 0.3 is 0 Å². The zero-order valence-electron chi connectivity index (χ0n) is 13.1. The van der Waals surface area contributed by atoms with E-state index in [2.05, 4.69) is 43.1 Å². The minimum absolute atomic E-state index is 0.318. The third-order valence-electron chi connectivity index (χ3n) is 3.15. The molecule has 1 aromatic rings. The minimum Gasteiger partial charge on any atom is -0.462 e. The summed E-state index contributed by atoms with van der Waals surface area (Å²) >= 11 is 3.40. The van der Waals surface area contributed by atoms with E-state index < -0.39 is 0 Å². The molecular weight excluding hydrogens is 332 g/mol. The summed E-state index contributed by atoms with van der Waals surface area (Å²) in [7, 11) is 0. The summed E-state index contributed by atoms with van der Waals surface area (Å²) in [4.78, 5) is 14.0. The van der Waals surface area contributed by atoms with Gasteiger partial charge in [-0.25, -0.2) is 0 Å². The van der Waals surface area contributed by atoms with E-state index in [-0.39, 0.29) is 5.60 Å². The molecule has 1 aliphatic heterocycles. The van der Waals surface area contributed by atoms with Gasteiger partial charge < -0.3 is 10.1 Å². The van der Waals surface area contributed by atoms with Crippen LogP contribution in [0.2, 0.25) is 0 Å². The predicted molar refractivity (Wildman–Crippen MR) is 88.1 cm³/mol. The van der Waals surface area contributed by atoms with Crippen LogP contribution < -0.4 is 5.32 Å². The maximum atomic E-state index is 9.60. The summed E-state index contributed by atoms with van der Waals surface area (Å²) in [5, 5.41) is 3.38. The van der Waals surface area contributed by atoms with Crippen molar-refractivity contribution in [3.8, 4) is 0 Å². The Labute approximate surface area is 135 Å². The standard InChI is InChI=1S/C11H15BrN2.C5H10O2/c12-10-1-2-11(14-8-10)7-9-3-5-13-6-4-9;1-5(2,3)7-4-6/h1-2,8-9,13H,3-7H2;4H,1-3H3. The second kappa shape index (κ2) is 9.15. The van der Waals surface area contributed by atoms with Crippen LogP contribution in [-0.2, 0) is 16.0 Å². The van der Waals surface area contributed by atoms with Crippen LogP contribution in [-0.4, -0.2) is 30.1 Å². The summed E-state index contributed by atoms with van der Waals surface area (Å²) in [6.45, 7) is 8.26. The van der Waals surface area contributed by atoms with Crippen molar-refractivity contribution in [2.24, 2.45) is 5.92 Å². The van der Waals surface area contributed by atoms with Crippen LogP contribution in [0.5, 0.6) is 0 Å². The molecule has 0 unspecified atom stereocenters. The second-order valence-corrected chi connectivity index (χ2v) is 7.11. The molecule has 2 rings (SSSR count). The Hall–Kier alpha value is -0.940. The first-order valence-corrected chi connectivity index (χ1v) is 8.12. The lowest BCUT2D eigenvalue weighted by molar-refractivity contribution is -0.138. The SMILES string of the molecule is Brc1ccc(CC2CCNCC2)nc1.CC(C)(C)OC=O. The Kier molecular flexibility index (Phi) is 7.89. The Morgan fingerprint density at radius 3 is 2.48 bits per heavy atom. The number of ether oxygens (including phenoxy) is 1. The van der Waals surface area contributed by atoms with E-state index in [9.17, 15) is 4.79 Å². The van der Waals surface area contributed by atoms with Crippen molar-refractivity contribution in [1.82, 2.24) is 10.3 Å². The van der Waals surface area contributed by atoms with Gasteiger partial charge in [0.15, 0.2) is 0 Å². The van der Waals surface area contributed by atoms with Gasteiger partial charge in [0.1, 0.15) is 5.60 Å². The molecule has 0 atom stereocenters. The van der Waals surface area contributed by atoms with Crippen molar-refractivity contribution in [2.45, 2.75) is 45.6 Å². The van der Waals surface area contributed by atoms with Crippen LogP contribution in [0, 0.1) is 5.92 Å².